The van der Waals surface area contributed by atoms with Crippen molar-refractivity contribution in [1.82, 2.24) is 25.8 Å². The fraction of sp³-hybridized carbons (Fsp3) is 0.645. The van der Waals surface area contributed by atoms with Crippen molar-refractivity contribution in [2.75, 3.05) is 39.3 Å². The Morgan fingerprint density at radius 2 is 1.60 bits per heavy atom. The summed E-state index contributed by atoms with van der Waals surface area (Å²) in [6.07, 6.45) is 3.37. The highest BCUT2D eigenvalue weighted by molar-refractivity contribution is 5.93. The Labute approximate surface area is 254 Å². The lowest BCUT2D eigenvalue weighted by atomic mass is 9.78. The molecule has 1 spiro atoms. The fourth-order valence-electron chi connectivity index (χ4n) is 5.83. The molecule has 1 aromatic carbocycles. The summed E-state index contributed by atoms with van der Waals surface area (Å²) in [5.41, 5.74) is 12.5. The van der Waals surface area contributed by atoms with Crippen molar-refractivity contribution in [3.05, 3.63) is 35.9 Å². The second-order valence-corrected chi connectivity index (χ2v) is 12.5. The van der Waals surface area contributed by atoms with Crippen molar-refractivity contribution in [2.45, 2.75) is 77.4 Å². The Morgan fingerprint density at radius 1 is 0.930 bits per heavy atom. The standard InChI is InChI=1S/C31H49N7O5/c1-21(2)15-26(35-27(40)17-34-28(41)24(33)16-23-9-5-4-6-10-23)29(42)36-25(11-7-8-13-32)30(43)38-19-31(20-38)12-14-37(18-31)22(3)39/h4-6,9-10,21,24-26H,7-8,11-20,32-33H2,1-3H3,(H,34,41)(H,35,40)(H,36,42)/t24?,25-,26?/m1/s1. The maximum Gasteiger partial charge on any atom is 0.245 e. The van der Waals surface area contributed by atoms with E-state index in [4.69, 9.17) is 11.5 Å². The van der Waals surface area contributed by atoms with Gasteiger partial charge >= 0.3 is 0 Å². The monoisotopic (exact) mass is 599 g/mol. The average Bonchev–Trinajstić information content (AvgIpc) is 3.41. The molecule has 2 heterocycles. The third kappa shape index (κ3) is 10.0. The van der Waals surface area contributed by atoms with Gasteiger partial charge in [0, 0.05) is 38.5 Å². The molecule has 12 heteroatoms. The summed E-state index contributed by atoms with van der Waals surface area (Å²) in [4.78, 5) is 67.5. The highest BCUT2D eigenvalue weighted by Crippen LogP contribution is 2.40. The van der Waals surface area contributed by atoms with Crippen LogP contribution in [-0.2, 0) is 30.4 Å². The van der Waals surface area contributed by atoms with E-state index in [-0.39, 0.29) is 29.7 Å². The Morgan fingerprint density at radius 3 is 2.21 bits per heavy atom. The highest BCUT2D eigenvalue weighted by Gasteiger charge is 2.50. The third-order valence-electron chi connectivity index (χ3n) is 8.23. The summed E-state index contributed by atoms with van der Waals surface area (Å²) in [5, 5.41) is 8.17. The van der Waals surface area contributed by atoms with Crippen LogP contribution < -0.4 is 27.4 Å². The smallest absolute Gasteiger partial charge is 0.245 e. The van der Waals surface area contributed by atoms with Crippen LogP contribution in [0.4, 0.5) is 0 Å². The van der Waals surface area contributed by atoms with Gasteiger partial charge in [-0.05, 0) is 56.6 Å². The summed E-state index contributed by atoms with van der Waals surface area (Å²) in [5.74, 6) is -1.46. The number of rotatable bonds is 15. The molecule has 3 atom stereocenters. The average molecular weight is 600 g/mol. The van der Waals surface area contributed by atoms with E-state index < -0.39 is 35.8 Å². The van der Waals surface area contributed by atoms with E-state index in [1.54, 1.807) is 11.8 Å². The molecule has 0 aliphatic carbocycles. The zero-order valence-electron chi connectivity index (χ0n) is 25.8. The van der Waals surface area contributed by atoms with Crippen LogP contribution in [0.3, 0.4) is 0 Å². The van der Waals surface area contributed by atoms with Crippen LogP contribution in [0, 0.1) is 11.3 Å². The van der Waals surface area contributed by atoms with Gasteiger partial charge in [-0.2, -0.15) is 0 Å². The van der Waals surface area contributed by atoms with Crippen molar-refractivity contribution in [3.8, 4) is 0 Å². The molecule has 12 nitrogen and oxygen atoms in total. The zero-order valence-corrected chi connectivity index (χ0v) is 25.8. The molecule has 2 fully saturated rings. The lowest BCUT2D eigenvalue weighted by molar-refractivity contribution is -0.147. The van der Waals surface area contributed by atoms with Crippen molar-refractivity contribution in [2.24, 2.45) is 22.8 Å². The Balaban J connectivity index is 1.56. The van der Waals surface area contributed by atoms with E-state index in [2.05, 4.69) is 16.0 Å². The fourth-order valence-corrected chi connectivity index (χ4v) is 5.83. The van der Waals surface area contributed by atoms with Crippen molar-refractivity contribution in [1.29, 1.82) is 0 Å². The van der Waals surface area contributed by atoms with Gasteiger partial charge in [-0.15, -0.1) is 0 Å². The molecule has 0 bridgehead atoms. The van der Waals surface area contributed by atoms with Crippen LogP contribution in [0.1, 0.15) is 58.4 Å². The molecule has 2 saturated heterocycles. The number of likely N-dealkylation sites (tertiary alicyclic amines) is 2. The summed E-state index contributed by atoms with van der Waals surface area (Å²) < 4.78 is 0. The molecule has 0 radical (unpaired) electrons. The maximum atomic E-state index is 13.5. The van der Waals surface area contributed by atoms with Gasteiger partial charge in [0.05, 0.1) is 12.6 Å². The number of hydrogen-bond acceptors (Lipinski definition) is 7. The number of amides is 5. The number of hydrogen-bond donors (Lipinski definition) is 5. The molecule has 2 aliphatic heterocycles. The van der Waals surface area contributed by atoms with E-state index in [1.807, 2.05) is 49.1 Å². The first-order chi connectivity index (χ1) is 20.4. The van der Waals surface area contributed by atoms with E-state index in [1.165, 1.54) is 0 Å². The van der Waals surface area contributed by atoms with Crippen molar-refractivity contribution < 1.29 is 24.0 Å². The van der Waals surface area contributed by atoms with Gasteiger partial charge in [0.1, 0.15) is 12.1 Å². The molecule has 2 unspecified atom stereocenters. The number of nitrogens with one attached hydrogen (secondary N) is 3. The van der Waals surface area contributed by atoms with Crippen LogP contribution in [0.15, 0.2) is 30.3 Å². The van der Waals surface area contributed by atoms with Gasteiger partial charge in [-0.25, -0.2) is 0 Å². The number of nitrogens with zero attached hydrogens (tertiary/aromatic N) is 2. The minimum Gasteiger partial charge on any atom is -0.346 e. The number of benzene rings is 1. The second kappa shape index (κ2) is 15.8. The van der Waals surface area contributed by atoms with Gasteiger partial charge in [0.15, 0.2) is 0 Å². The SMILES string of the molecule is CC(=O)N1CCC2(C1)CN(C(=O)[C@@H](CCCCN)NC(=O)C(CC(C)C)NC(=O)CNC(=O)C(N)Cc1ccccc1)C2. The summed E-state index contributed by atoms with van der Waals surface area (Å²) in [6, 6.07) is 6.91. The molecular weight excluding hydrogens is 550 g/mol. The molecular formula is C31H49N7O5. The van der Waals surface area contributed by atoms with Crippen LogP contribution in [0.2, 0.25) is 0 Å². The van der Waals surface area contributed by atoms with Gasteiger partial charge in [0.25, 0.3) is 0 Å². The lowest BCUT2D eigenvalue weighted by Crippen LogP contribution is -2.64. The molecule has 1 aromatic rings. The van der Waals surface area contributed by atoms with Gasteiger partial charge in [-0.3, -0.25) is 24.0 Å². The summed E-state index contributed by atoms with van der Waals surface area (Å²) >= 11 is 0. The second-order valence-electron chi connectivity index (χ2n) is 12.5. The van der Waals surface area contributed by atoms with Crippen LogP contribution >= 0.6 is 0 Å². The first-order valence-electron chi connectivity index (χ1n) is 15.3. The first kappa shape index (κ1) is 34.0. The number of carbonyl (C=O) groups is 5. The molecule has 5 amide bonds. The number of unbranched alkanes of at least 4 members (excludes halogenated alkanes) is 1. The molecule has 0 saturated carbocycles. The third-order valence-corrected chi connectivity index (χ3v) is 8.23. The van der Waals surface area contributed by atoms with E-state index in [9.17, 15) is 24.0 Å². The largest absolute Gasteiger partial charge is 0.346 e. The van der Waals surface area contributed by atoms with Crippen molar-refractivity contribution in [3.63, 3.8) is 0 Å². The van der Waals surface area contributed by atoms with Gasteiger partial charge in [0.2, 0.25) is 29.5 Å². The van der Waals surface area contributed by atoms with E-state index in [0.717, 1.165) is 18.4 Å². The molecule has 0 aromatic heterocycles. The molecule has 238 valence electrons. The number of nitrogens with two attached hydrogens (primary N) is 2. The summed E-state index contributed by atoms with van der Waals surface area (Å²) in [7, 11) is 0. The van der Waals surface area contributed by atoms with Crippen molar-refractivity contribution >= 4 is 29.5 Å². The minimum atomic E-state index is -0.881. The van der Waals surface area contributed by atoms with Crippen LogP contribution in [0.5, 0.6) is 0 Å². The van der Waals surface area contributed by atoms with Crippen LogP contribution in [0.25, 0.3) is 0 Å². The highest BCUT2D eigenvalue weighted by atomic mass is 16.2. The van der Waals surface area contributed by atoms with E-state index >= 15 is 0 Å². The topological polar surface area (TPSA) is 180 Å². The Kier molecular flexibility index (Phi) is 12.5. The normalized spacial score (nSPS) is 17.6. The minimum absolute atomic E-state index is 0.0430. The summed E-state index contributed by atoms with van der Waals surface area (Å²) in [6.45, 7) is 8.04. The molecule has 7 N–H and O–H groups in total. The van der Waals surface area contributed by atoms with Gasteiger partial charge < -0.3 is 37.2 Å². The van der Waals surface area contributed by atoms with Gasteiger partial charge in [-0.1, -0.05) is 44.2 Å². The first-order valence-corrected chi connectivity index (χ1v) is 15.3. The Bertz CT molecular complexity index is 1120. The lowest BCUT2D eigenvalue weighted by Gasteiger charge is -2.49. The molecule has 2 aliphatic rings. The van der Waals surface area contributed by atoms with E-state index in [0.29, 0.717) is 58.4 Å². The maximum absolute atomic E-state index is 13.5. The molecule has 43 heavy (non-hydrogen) atoms. The molecule has 3 rings (SSSR count). The van der Waals surface area contributed by atoms with Crippen LogP contribution in [-0.4, -0.2) is 96.7 Å². The zero-order chi connectivity index (χ0) is 31.6. The number of carbonyl (C=O) groups excluding carboxylic acids is 5. The Hall–Kier alpha value is -3.51. The predicted molar refractivity (Wildman–Crippen MR) is 163 cm³/mol. The quantitative estimate of drug-likeness (QED) is 0.175. The predicted octanol–water partition coefficient (Wildman–Crippen LogP) is -0.102.